The van der Waals surface area contributed by atoms with Gasteiger partial charge >= 0.3 is 10.3 Å². The molecule has 2 saturated heterocycles. The van der Waals surface area contributed by atoms with Crippen LogP contribution in [0.2, 0.25) is 5.02 Å². The van der Waals surface area contributed by atoms with Gasteiger partial charge in [-0.25, -0.2) is 13.9 Å². The number of hydrogen-bond donors (Lipinski definition) is 1. The van der Waals surface area contributed by atoms with Crippen LogP contribution in [0.5, 0.6) is 5.75 Å². The maximum atomic E-state index is 12.9. The second kappa shape index (κ2) is 14.2. The monoisotopic (exact) mass is 693 g/mol. The standard InChI is InChI=1S/C35H44ClN7O4S/c1-3-46-48(44,45)43-24-29(28-10-6-7-11-31(28)43)34-30(36)23-37-35(39-34)38-25-12-13-32(33(22-25)47-27-8-4-5-9-27)42-16-14-26(15-17-42)41-20-18-40(2)19-21-41/h6-7,10-13,22-24,26-27H,3-5,8-9,14-21H2,1-2H3,(H,37,38,39). The zero-order valence-corrected chi connectivity index (χ0v) is 29.2. The van der Waals surface area contributed by atoms with Crippen LogP contribution in [0.25, 0.3) is 22.2 Å². The zero-order chi connectivity index (χ0) is 33.3. The second-order valence-electron chi connectivity index (χ2n) is 13.0. The van der Waals surface area contributed by atoms with E-state index in [1.807, 2.05) is 18.2 Å². The van der Waals surface area contributed by atoms with E-state index in [9.17, 15) is 8.42 Å². The Balaban J connectivity index is 1.14. The molecule has 3 fully saturated rings. The first kappa shape index (κ1) is 33.1. The van der Waals surface area contributed by atoms with E-state index in [4.69, 9.17) is 25.5 Å². The third-order valence-electron chi connectivity index (χ3n) is 9.86. The summed E-state index contributed by atoms with van der Waals surface area (Å²) in [4.78, 5) is 16.8. The zero-order valence-electron chi connectivity index (χ0n) is 27.6. The lowest BCUT2D eigenvalue weighted by molar-refractivity contribution is 0.0980. The number of halogens is 1. The van der Waals surface area contributed by atoms with Crippen molar-refractivity contribution in [2.75, 3.05) is 63.1 Å². The molecule has 4 heterocycles. The highest BCUT2D eigenvalue weighted by molar-refractivity contribution is 7.85. The first-order valence-electron chi connectivity index (χ1n) is 17.1. The smallest absolute Gasteiger partial charge is 0.366 e. The Morgan fingerprint density at radius 2 is 1.73 bits per heavy atom. The molecule has 2 aromatic carbocycles. The molecule has 0 amide bonds. The van der Waals surface area contributed by atoms with E-state index < -0.39 is 10.3 Å². The number of piperazine rings is 1. The number of benzene rings is 2. The summed E-state index contributed by atoms with van der Waals surface area (Å²) in [5.74, 6) is 1.22. The number of anilines is 3. The van der Waals surface area contributed by atoms with E-state index in [0.717, 1.165) is 86.0 Å². The van der Waals surface area contributed by atoms with Crippen LogP contribution in [-0.4, -0.2) is 97.2 Å². The Bertz CT molecular complexity index is 1850. The number of nitrogens with zero attached hydrogens (tertiary/aromatic N) is 6. The molecule has 2 aliphatic heterocycles. The van der Waals surface area contributed by atoms with Crippen molar-refractivity contribution in [2.24, 2.45) is 0 Å². The fourth-order valence-electron chi connectivity index (χ4n) is 7.27. The molecule has 3 aliphatic rings. The molecule has 48 heavy (non-hydrogen) atoms. The number of fused-ring (bicyclic) bond motifs is 1. The van der Waals surface area contributed by atoms with E-state index in [2.05, 4.69) is 44.2 Å². The van der Waals surface area contributed by atoms with Gasteiger partial charge in [0.05, 0.1) is 40.8 Å². The molecule has 4 aromatic rings. The van der Waals surface area contributed by atoms with Crippen LogP contribution >= 0.6 is 11.6 Å². The van der Waals surface area contributed by atoms with Crippen LogP contribution in [0.3, 0.4) is 0 Å². The number of aromatic nitrogens is 3. The van der Waals surface area contributed by atoms with Gasteiger partial charge in [0.15, 0.2) is 0 Å². The van der Waals surface area contributed by atoms with Gasteiger partial charge in [-0.05, 0) is 70.7 Å². The number of rotatable bonds is 10. The van der Waals surface area contributed by atoms with Crippen molar-refractivity contribution in [3.8, 4) is 17.0 Å². The predicted octanol–water partition coefficient (Wildman–Crippen LogP) is 6.16. The van der Waals surface area contributed by atoms with E-state index in [1.54, 1.807) is 19.1 Å². The lowest BCUT2D eigenvalue weighted by atomic mass is 10.0. The predicted molar refractivity (Wildman–Crippen MR) is 191 cm³/mol. The van der Waals surface area contributed by atoms with Crippen molar-refractivity contribution in [3.05, 3.63) is 59.9 Å². The Kier molecular flexibility index (Phi) is 9.79. The third kappa shape index (κ3) is 7.00. The first-order chi connectivity index (χ1) is 23.3. The normalized spacial score (nSPS) is 18.9. The summed E-state index contributed by atoms with van der Waals surface area (Å²) < 4.78 is 38.7. The summed E-state index contributed by atoms with van der Waals surface area (Å²) in [6, 6.07) is 14.1. The van der Waals surface area contributed by atoms with Gasteiger partial charge in [-0.3, -0.25) is 9.08 Å². The SMILES string of the molecule is CCOS(=O)(=O)n1cc(-c2nc(Nc3ccc(N4CCC(N5CCN(C)CC5)CC4)c(OC4CCCC4)c3)ncc2Cl)c2ccccc21. The minimum Gasteiger partial charge on any atom is -0.488 e. The molecular weight excluding hydrogens is 650 g/mol. The lowest BCUT2D eigenvalue weighted by Gasteiger charge is -2.43. The van der Waals surface area contributed by atoms with Crippen LogP contribution in [0.4, 0.5) is 17.3 Å². The van der Waals surface area contributed by atoms with Gasteiger partial charge in [0.1, 0.15) is 5.75 Å². The minimum absolute atomic E-state index is 0.0205. The van der Waals surface area contributed by atoms with Crippen LogP contribution in [0.1, 0.15) is 45.4 Å². The molecule has 0 unspecified atom stereocenters. The molecule has 7 rings (SSSR count). The van der Waals surface area contributed by atoms with Crippen molar-refractivity contribution < 1.29 is 17.3 Å². The molecule has 0 spiro atoms. The number of nitrogens with one attached hydrogen (secondary N) is 1. The Labute approximate surface area is 288 Å². The summed E-state index contributed by atoms with van der Waals surface area (Å²) in [5.41, 5.74) is 3.38. The molecule has 1 saturated carbocycles. The highest BCUT2D eigenvalue weighted by Crippen LogP contribution is 2.38. The van der Waals surface area contributed by atoms with Gasteiger partial charge in [0.25, 0.3) is 0 Å². The number of piperidine rings is 1. The lowest BCUT2D eigenvalue weighted by Crippen LogP contribution is -2.52. The highest BCUT2D eigenvalue weighted by atomic mass is 35.5. The topological polar surface area (TPSA) is 105 Å². The molecule has 1 aliphatic carbocycles. The number of hydrogen-bond acceptors (Lipinski definition) is 10. The van der Waals surface area contributed by atoms with Crippen molar-refractivity contribution in [1.29, 1.82) is 0 Å². The van der Waals surface area contributed by atoms with E-state index in [-0.39, 0.29) is 12.7 Å². The maximum absolute atomic E-state index is 12.9. The van der Waals surface area contributed by atoms with Crippen molar-refractivity contribution in [2.45, 2.75) is 57.6 Å². The van der Waals surface area contributed by atoms with Gasteiger partial charge < -0.3 is 19.9 Å². The van der Waals surface area contributed by atoms with E-state index in [0.29, 0.717) is 39.2 Å². The molecule has 11 nitrogen and oxygen atoms in total. The summed E-state index contributed by atoms with van der Waals surface area (Å²) in [7, 11) is -1.83. The largest absolute Gasteiger partial charge is 0.488 e. The van der Waals surface area contributed by atoms with Crippen LogP contribution in [0.15, 0.2) is 54.9 Å². The maximum Gasteiger partial charge on any atom is 0.366 e. The molecule has 0 bridgehead atoms. The molecule has 0 atom stereocenters. The molecule has 0 radical (unpaired) electrons. The third-order valence-corrected chi connectivity index (χ3v) is 11.5. The molecule has 2 aromatic heterocycles. The Morgan fingerprint density at radius 3 is 2.48 bits per heavy atom. The van der Waals surface area contributed by atoms with Crippen molar-refractivity contribution in [1.82, 2.24) is 23.7 Å². The molecular formula is C35H44ClN7O4S. The molecule has 13 heteroatoms. The van der Waals surface area contributed by atoms with Crippen LogP contribution < -0.4 is 15.0 Å². The van der Waals surface area contributed by atoms with Crippen LogP contribution in [0, 0.1) is 0 Å². The molecule has 1 N–H and O–H groups in total. The number of ether oxygens (including phenoxy) is 1. The average Bonchev–Trinajstić information content (AvgIpc) is 3.75. The average molecular weight is 694 g/mol. The summed E-state index contributed by atoms with van der Waals surface area (Å²) >= 11 is 6.64. The fraction of sp³-hybridized carbons (Fsp3) is 0.486. The summed E-state index contributed by atoms with van der Waals surface area (Å²) in [6.07, 6.45) is 10.1. The van der Waals surface area contributed by atoms with Gasteiger partial charge in [0, 0.05) is 74.2 Å². The Morgan fingerprint density at radius 1 is 0.979 bits per heavy atom. The highest BCUT2D eigenvalue weighted by Gasteiger charge is 2.29. The number of para-hydroxylation sites is 1. The second-order valence-corrected chi connectivity index (χ2v) is 14.9. The van der Waals surface area contributed by atoms with Crippen molar-refractivity contribution in [3.63, 3.8) is 0 Å². The quantitative estimate of drug-likeness (QED) is 0.208. The summed E-state index contributed by atoms with van der Waals surface area (Å²) in [5, 5.41) is 4.34. The molecule has 256 valence electrons. The van der Waals surface area contributed by atoms with Gasteiger partial charge in [0.2, 0.25) is 5.95 Å². The van der Waals surface area contributed by atoms with Crippen molar-refractivity contribution >= 4 is 50.1 Å². The van der Waals surface area contributed by atoms with Crippen LogP contribution in [-0.2, 0) is 14.5 Å². The Hall–Kier alpha value is -3.42. The minimum atomic E-state index is -4.04. The fourth-order valence-corrected chi connectivity index (χ4v) is 8.51. The van der Waals surface area contributed by atoms with E-state index >= 15 is 0 Å². The number of likely N-dealkylation sites (N-methyl/N-ethyl adjacent to an activating group) is 1. The van der Waals surface area contributed by atoms with Gasteiger partial charge in [-0.1, -0.05) is 29.8 Å². The first-order valence-corrected chi connectivity index (χ1v) is 18.8. The van der Waals surface area contributed by atoms with Gasteiger partial charge in [-0.15, -0.1) is 0 Å². The van der Waals surface area contributed by atoms with Gasteiger partial charge in [-0.2, -0.15) is 8.42 Å². The van der Waals surface area contributed by atoms with E-state index in [1.165, 1.54) is 25.2 Å². The summed E-state index contributed by atoms with van der Waals surface area (Å²) in [6.45, 7) is 8.26.